The zero-order chi connectivity index (χ0) is 9.35. The number of hydrogen-bond donors (Lipinski definition) is 1. The molecular weight excluding hydrogens is 239 g/mol. The zero-order valence-electron chi connectivity index (χ0n) is 5.57. The Morgan fingerprint density at radius 2 is 1.92 bits per heavy atom. The Bertz CT molecular complexity index is 343. The van der Waals surface area contributed by atoms with E-state index >= 15 is 0 Å². The van der Waals surface area contributed by atoms with E-state index in [-0.39, 0.29) is 4.47 Å². The Balaban J connectivity index is 3.23. The number of aromatic nitrogens is 1. The minimum atomic E-state index is -4.50. The van der Waals surface area contributed by atoms with Gasteiger partial charge in [-0.3, -0.25) is 4.79 Å². The van der Waals surface area contributed by atoms with Crippen LogP contribution < -0.4 is 5.56 Å². The molecule has 0 radical (unpaired) electrons. The van der Waals surface area contributed by atoms with Crippen molar-refractivity contribution in [3.8, 4) is 0 Å². The first-order valence-corrected chi connectivity index (χ1v) is 3.66. The molecule has 0 aliphatic carbocycles. The van der Waals surface area contributed by atoms with Crippen molar-refractivity contribution in [2.75, 3.05) is 0 Å². The number of halogens is 4. The third-order valence-corrected chi connectivity index (χ3v) is 1.79. The topological polar surface area (TPSA) is 32.9 Å². The zero-order valence-corrected chi connectivity index (χ0v) is 7.16. The van der Waals surface area contributed by atoms with Crippen LogP contribution in [0.3, 0.4) is 0 Å². The van der Waals surface area contributed by atoms with Gasteiger partial charge in [0.05, 0.1) is 4.47 Å². The van der Waals surface area contributed by atoms with Gasteiger partial charge in [0, 0.05) is 0 Å². The lowest BCUT2D eigenvalue weighted by Gasteiger charge is -2.04. The van der Waals surface area contributed by atoms with Crippen molar-refractivity contribution >= 4 is 15.9 Å². The Labute approximate surface area is 73.5 Å². The van der Waals surface area contributed by atoms with Gasteiger partial charge in [-0.05, 0) is 28.1 Å². The SMILES string of the molecule is O=c1[nH]c(C(F)(F)F)ccc1Br. The van der Waals surface area contributed by atoms with E-state index in [0.29, 0.717) is 0 Å². The fraction of sp³-hybridized carbons (Fsp3) is 0.167. The van der Waals surface area contributed by atoms with E-state index in [4.69, 9.17) is 0 Å². The van der Waals surface area contributed by atoms with E-state index in [2.05, 4.69) is 15.9 Å². The molecule has 0 fully saturated rings. The minimum Gasteiger partial charge on any atom is -0.317 e. The van der Waals surface area contributed by atoms with Crippen molar-refractivity contribution in [1.29, 1.82) is 0 Å². The lowest BCUT2D eigenvalue weighted by Crippen LogP contribution is -2.16. The van der Waals surface area contributed by atoms with Gasteiger partial charge in [-0.2, -0.15) is 13.2 Å². The van der Waals surface area contributed by atoms with Crippen molar-refractivity contribution < 1.29 is 13.2 Å². The summed E-state index contributed by atoms with van der Waals surface area (Å²) < 4.78 is 35.8. The van der Waals surface area contributed by atoms with Gasteiger partial charge in [0.1, 0.15) is 5.69 Å². The monoisotopic (exact) mass is 241 g/mol. The van der Waals surface area contributed by atoms with Crippen molar-refractivity contribution in [2.24, 2.45) is 0 Å². The molecule has 1 rings (SSSR count). The van der Waals surface area contributed by atoms with Crippen LogP contribution >= 0.6 is 15.9 Å². The molecule has 0 aromatic carbocycles. The Hall–Kier alpha value is -0.780. The molecule has 0 aliphatic heterocycles. The number of hydrogen-bond acceptors (Lipinski definition) is 1. The maximum absolute atomic E-state index is 11.9. The van der Waals surface area contributed by atoms with E-state index in [1.54, 1.807) is 4.98 Å². The second kappa shape index (κ2) is 2.93. The van der Waals surface area contributed by atoms with Crippen LogP contribution in [0.4, 0.5) is 13.2 Å². The molecule has 66 valence electrons. The molecule has 0 atom stereocenters. The summed E-state index contributed by atoms with van der Waals surface area (Å²) >= 11 is 2.78. The van der Waals surface area contributed by atoms with Crippen molar-refractivity contribution in [2.45, 2.75) is 6.18 Å². The molecule has 0 amide bonds. The fourth-order valence-corrected chi connectivity index (χ4v) is 0.853. The van der Waals surface area contributed by atoms with Crippen molar-refractivity contribution in [1.82, 2.24) is 4.98 Å². The van der Waals surface area contributed by atoms with Crippen molar-refractivity contribution in [3.63, 3.8) is 0 Å². The Morgan fingerprint density at radius 3 is 2.33 bits per heavy atom. The maximum atomic E-state index is 11.9. The first-order valence-electron chi connectivity index (χ1n) is 2.87. The number of H-pyrrole nitrogens is 1. The predicted octanol–water partition coefficient (Wildman–Crippen LogP) is 2.16. The Kier molecular flexibility index (Phi) is 2.27. The molecule has 1 aromatic heterocycles. The summed E-state index contributed by atoms with van der Waals surface area (Å²) in [7, 11) is 0. The molecule has 0 saturated carbocycles. The first kappa shape index (κ1) is 9.31. The van der Waals surface area contributed by atoms with E-state index in [1.807, 2.05) is 0 Å². The van der Waals surface area contributed by atoms with Gasteiger partial charge in [0.15, 0.2) is 0 Å². The van der Waals surface area contributed by atoms with Crippen LogP contribution in [0.15, 0.2) is 21.4 Å². The van der Waals surface area contributed by atoms with Gasteiger partial charge in [0.25, 0.3) is 5.56 Å². The molecule has 0 bridgehead atoms. The summed E-state index contributed by atoms with van der Waals surface area (Å²) in [5.74, 6) is 0. The minimum absolute atomic E-state index is 0.0792. The van der Waals surface area contributed by atoms with Crippen LogP contribution in [0.5, 0.6) is 0 Å². The van der Waals surface area contributed by atoms with Crippen LogP contribution in [-0.4, -0.2) is 4.98 Å². The number of rotatable bonds is 0. The molecule has 0 unspecified atom stereocenters. The summed E-state index contributed by atoms with van der Waals surface area (Å²) in [4.78, 5) is 12.4. The third kappa shape index (κ3) is 1.88. The fourth-order valence-electron chi connectivity index (χ4n) is 0.621. The van der Waals surface area contributed by atoms with E-state index < -0.39 is 17.4 Å². The molecule has 0 saturated heterocycles. The average Bonchev–Trinajstić information content (AvgIpc) is 1.92. The lowest BCUT2D eigenvalue weighted by molar-refractivity contribution is -0.141. The molecule has 2 nitrogen and oxygen atoms in total. The first-order chi connectivity index (χ1) is 5.41. The molecule has 12 heavy (non-hydrogen) atoms. The predicted molar refractivity (Wildman–Crippen MR) is 39.8 cm³/mol. The maximum Gasteiger partial charge on any atom is 0.431 e. The van der Waals surface area contributed by atoms with Gasteiger partial charge in [0.2, 0.25) is 0 Å². The second-order valence-corrected chi connectivity index (χ2v) is 2.90. The highest BCUT2D eigenvalue weighted by molar-refractivity contribution is 9.10. The summed E-state index contributed by atoms with van der Waals surface area (Å²) in [6, 6.07) is 1.85. The molecular formula is C6H3BrF3NO. The average molecular weight is 242 g/mol. The molecule has 0 aliphatic rings. The lowest BCUT2D eigenvalue weighted by atomic mass is 10.3. The summed E-state index contributed by atoms with van der Waals surface area (Å²) in [5, 5.41) is 0. The standard InChI is InChI=1S/C6H3BrF3NO/c7-3-1-2-4(6(8,9)10)11-5(3)12/h1-2H,(H,11,12). The summed E-state index contributed by atoms with van der Waals surface area (Å²) in [5.41, 5.74) is -1.83. The van der Waals surface area contributed by atoms with Crippen LogP contribution in [0.2, 0.25) is 0 Å². The van der Waals surface area contributed by atoms with E-state index in [0.717, 1.165) is 12.1 Å². The van der Waals surface area contributed by atoms with Crippen LogP contribution in [0.25, 0.3) is 0 Å². The number of pyridine rings is 1. The highest BCUT2D eigenvalue weighted by Gasteiger charge is 2.31. The molecule has 6 heteroatoms. The highest BCUT2D eigenvalue weighted by atomic mass is 79.9. The molecule has 1 heterocycles. The summed E-state index contributed by atoms with van der Waals surface area (Å²) in [6.07, 6.45) is -4.50. The normalized spacial score (nSPS) is 11.7. The van der Waals surface area contributed by atoms with Gasteiger partial charge < -0.3 is 4.98 Å². The number of nitrogens with one attached hydrogen (secondary N) is 1. The van der Waals surface area contributed by atoms with E-state index in [1.165, 1.54) is 0 Å². The third-order valence-electron chi connectivity index (χ3n) is 1.17. The van der Waals surface area contributed by atoms with Crippen LogP contribution in [0, 0.1) is 0 Å². The quantitative estimate of drug-likeness (QED) is 0.742. The Morgan fingerprint density at radius 1 is 1.33 bits per heavy atom. The van der Waals surface area contributed by atoms with Crippen LogP contribution in [-0.2, 0) is 6.18 Å². The van der Waals surface area contributed by atoms with Gasteiger partial charge in [-0.25, -0.2) is 0 Å². The van der Waals surface area contributed by atoms with Gasteiger partial charge >= 0.3 is 6.18 Å². The molecule has 1 N–H and O–H groups in total. The van der Waals surface area contributed by atoms with E-state index in [9.17, 15) is 18.0 Å². The molecule has 0 spiro atoms. The highest BCUT2D eigenvalue weighted by Crippen LogP contribution is 2.26. The molecule has 1 aromatic rings. The summed E-state index contributed by atoms with van der Waals surface area (Å²) in [6.45, 7) is 0. The van der Waals surface area contributed by atoms with Gasteiger partial charge in [-0.15, -0.1) is 0 Å². The van der Waals surface area contributed by atoms with Crippen molar-refractivity contribution in [3.05, 3.63) is 32.7 Å². The van der Waals surface area contributed by atoms with Crippen LogP contribution in [0.1, 0.15) is 5.69 Å². The van der Waals surface area contributed by atoms with Gasteiger partial charge in [-0.1, -0.05) is 0 Å². The number of alkyl halides is 3. The largest absolute Gasteiger partial charge is 0.431 e. The second-order valence-electron chi connectivity index (χ2n) is 2.05. The number of aromatic amines is 1. The smallest absolute Gasteiger partial charge is 0.317 e.